The van der Waals surface area contributed by atoms with Crippen LogP contribution >= 0.6 is 11.3 Å². The summed E-state index contributed by atoms with van der Waals surface area (Å²) in [5, 5.41) is 10.4. The average molecular weight is 274 g/mol. The van der Waals surface area contributed by atoms with Crippen LogP contribution in [0.1, 0.15) is 52.3 Å². The second-order valence-electron chi connectivity index (χ2n) is 5.48. The number of benzene rings is 1. The number of rotatable bonds is 4. The lowest BCUT2D eigenvalue weighted by Crippen LogP contribution is -2.02. The van der Waals surface area contributed by atoms with E-state index in [-0.39, 0.29) is 0 Å². The van der Waals surface area contributed by atoms with Crippen LogP contribution in [0, 0.1) is 13.8 Å². The Morgan fingerprint density at radius 2 is 1.74 bits per heavy atom. The molecular formula is C17H22OS. The predicted molar refractivity (Wildman–Crippen MR) is 83.0 cm³/mol. The van der Waals surface area contributed by atoms with Crippen molar-refractivity contribution >= 4 is 11.3 Å². The molecule has 1 N–H and O–H groups in total. The van der Waals surface area contributed by atoms with E-state index >= 15 is 0 Å². The van der Waals surface area contributed by atoms with Gasteiger partial charge in [-0.05, 0) is 42.5 Å². The highest BCUT2D eigenvalue weighted by Gasteiger charge is 2.13. The van der Waals surface area contributed by atoms with E-state index in [0.717, 1.165) is 5.56 Å². The summed E-state index contributed by atoms with van der Waals surface area (Å²) in [7, 11) is 0. The zero-order chi connectivity index (χ0) is 14.0. The zero-order valence-corrected chi connectivity index (χ0v) is 12.9. The number of aliphatic hydroxyl groups is 1. The second-order valence-corrected chi connectivity index (χ2v) is 6.95. The topological polar surface area (TPSA) is 20.2 Å². The molecule has 0 aliphatic rings. The smallest absolute Gasteiger partial charge is 0.0841 e. The van der Waals surface area contributed by atoms with Gasteiger partial charge in [-0.3, -0.25) is 0 Å². The fraction of sp³-hybridized carbons (Fsp3) is 0.412. The number of thiophene rings is 1. The Bertz CT molecular complexity index is 537. The van der Waals surface area contributed by atoms with Gasteiger partial charge in [-0.15, -0.1) is 11.3 Å². The van der Waals surface area contributed by atoms with E-state index < -0.39 is 6.10 Å². The van der Waals surface area contributed by atoms with Crippen molar-refractivity contribution in [2.75, 3.05) is 0 Å². The summed E-state index contributed by atoms with van der Waals surface area (Å²) in [5.41, 5.74) is 3.62. The molecular weight excluding hydrogens is 252 g/mol. The highest BCUT2D eigenvalue weighted by atomic mass is 32.1. The van der Waals surface area contributed by atoms with Crippen molar-refractivity contribution in [1.82, 2.24) is 0 Å². The molecule has 0 spiro atoms. The molecule has 0 aliphatic carbocycles. The van der Waals surface area contributed by atoms with Crippen LogP contribution in [0.15, 0.2) is 30.3 Å². The first-order valence-corrected chi connectivity index (χ1v) is 7.63. The molecule has 0 saturated carbocycles. The Morgan fingerprint density at radius 3 is 2.21 bits per heavy atom. The molecule has 2 rings (SSSR count). The van der Waals surface area contributed by atoms with Gasteiger partial charge >= 0.3 is 0 Å². The molecule has 102 valence electrons. The third kappa shape index (κ3) is 3.46. The van der Waals surface area contributed by atoms with Crippen molar-refractivity contribution in [1.29, 1.82) is 0 Å². The van der Waals surface area contributed by atoms with Gasteiger partial charge in [0.05, 0.1) is 6.10 Å². The molecule has 0 fully saturated rings. The highest BCUT2D eigenvalue weighted by molar-refractivity contribution is 7.12. The largest absolute Gasteiger partial charge is 0.388 e. The molecule has 1 aromatic heterocycles. The minimum atomic E-state index is -0.394. The fourth-order valence-corrected chi connectivity index (χ4v) is 3.33. The van der Waals surface area contributed by atoms with E-state index in [1.807, 2.05) is 0 Å². The van der Waals surface area contributed by atoms with Crippen LogP contribution in [0.3, 0.4) is 0 Å². The summed E-state index contributed by atoms with van der Waals surface area (Å²) in [6, 6.07) is 10.7. The fourth-order valence-electron chi connectivity index (χ4n) is 2.35. The second kappa shape index (κ2) is 5.89. The summed E-state index contributed by atoms with van der Waals surface area (Å²) in [6.07, 6.45) is 0.296. The molecule has 1 heterocycles. The molecule has 0 aliphatic heterocycles. The van der Waals surface area contributed by atoms with Crippen LogP contribution in [-0.2, 0) is 6.42 Å². The van der Waals surface area contributed by atoms with Crippen LogP contribution in [0.2, 0.25) is 0 Å². The molecule has 0 radical (unpaired) electrons. The van der Waals surface area contributed by atoms with Crippen LogP contribution in [0.5, 0.6) is 0 Å². The molecule has 2 heteroatoms. The van der Waals surface area contributed by atoms with Crippen LogP contribution < -0.4 is 0 Å². The maximum atomic E-state index is 10.4. The quantitative estimate of drug-likeness (QED) is 0.852. The Kier molecular flexibility index (Phi) is 4.43. The Labute approximate surface area is 119 Å². The van der Waals surface area contributed by atoms with E-state index in [1.165, 1.54) is 20.9 Å². The summed E-state index contributed by atoms with van der Waals surface area (Å²) < 4.78 is 0. The number of hydrogen-bond donors (Lipinski definition) is 1. The van der Waals surface area contributed by atoms with Crippen molar-refractivity contribution < 1.29 is 5.11 Å². The molecule has 1 unspecified atom stereocenters. The van der Waals surface area contributed by atoms with Crippen molar-refractivity contribution in [3.63, 3.8) is 0 Å². The maximum Gasteiger partial charge on any atom is 0.0841 e. The minimum absolute atomic E-state index is 0.394. The van der Waals surface area contributed by atoms with Gasteiger partial charge in [0.2, 0.25) is 0 Å². The first-order valence-electron chi connectivity index (χ1n) is 6.81. The third-order valence-electron chi connectivity index (χ3n) is 3.51. The van der Waals surface area contributed by atoms with Gasteiger partial charge < -0.3 is 5.11 Å². The first-order chi connectivity index (χ1) is 8.97. The molecule has 0 amide bonds. The lowest BCUT2D eigenvalue weighted by molar-refractivity contribution is 0.178. The van der Waals surface area contributed by atoms with E-state index in [2.05, 4.69) is 58.0 Å². The van der Waals surface area contributed by atoms with Crippen molar-refractivity contribution in [2.24, 2.45) is 0 Å². The van der Waals surface area contributed by atoms with Gasteiger partial charge in [-0.2, -0.15) is 0 Å². The summed E-state index contributed by atoms with van der Waals surface area (Å²) in [5.74, 6) is 0.556. The SMILES string of the molecule is Cc1cc(C(O)Cc2ccc(C(C)C)cc2)c(C)s1. The van der Waals surface area contributed by atoms with Gasteiger partial charge in [-0.25, -0.2) is 0 Å². The lowest BCUT2D eigenvalue weighted by Gasteiger charge is -2.12. The van der Waals surface area contributed by atoms with Crippen LogP contribution in [0.4, 0.5) is 0 Å². The monoisotopic (exact) mass is 274 g/mol. The Balaban J connectivity index is 2.10. The van der Waals surface area contributed by atoms with Gasteiger partial charge in [0, 0.05) is 16.2 Å². The van der Waals surface area contributed by atoms with Crippen molar-refractivity contribution in [2.45, 2.75) is 46.1 Å². The van der Waals surface area contributed by atoms with Crippen LogP contribution in [0.25, 0.3) is 0 Å². The number of aliphatic hydroxyl groups excluding tert-OH is 1. The Hall–Kier alpha value is -1.12. The summed E-state index contributed by atoms with van der Waals surface area (Å²) >= 11 is 1.75. The van der Waals surface area contributed by atoms with Gasteiger partial charge in [0.15, 0.2) is 0 Å². The van der Waals surface area contributed by atoms with Gasteiger partial charge in [0.1, 0.15) is 0 Å². The van der Waals surface area contributed by atoms with Gasteiger partial charge in [0.25, 0.3) is 0 Å². The van der Waals surface area contributed by atoms with Crippen molar-refractivity contribution in [3.8, 4) is 0 Å². The first kappa shape index (κ1) is 14.3. The van der Waals surface area contributed by atoms with E-state index in [1.54, 1.807) is 11.3 Å². The number of aryl methyl sites for hydroxylation is 2. The normalized spacial score (nSPS) is 12.9. The number of hydrogen-bond acceptors (Lipinski definition) is 2. The molecule has 1 atom stereocenters. The van der Waals surface area contributed by atoms with Crippen molar-refractivity contribution in [3.05, 3.63) is 56.8 Å². The van der Waals surface area contributed by atoms with E-state index in [0.29, 0.717) is 12.3 Å². The molecule has 0 saturated heterocycles. The minimum Gasteiger partial charge on any atom is -0.388 e. The Morgan fingerprint density at radius 1 is 1.11 bits per heavy atom. The van der Waals surface area contributed by atoms with E-state index in [4.69, 9.17) is 0 Å². The highest BCUT2D eigenvalue weighted by Crippen LogP contribution is 2.28. The maximum absolute atomic E-state index is 10.4. The van der Waals surface area contributed by atoms with E-state index in [9.17, 15) is 5.11 Å². The molecule has 2 aromatic rings. The molecule has 19 heavy (non-hydrogen) atoms. The average Bonchev–Trinajstić information content (AvgIpc) is 2.69. The summed E-state index contributed by atoms with van der Waals surface area (Å²) in [4.78, 5) is 2.49. The molecule has 1 aromatic carbocycles. The van der Waals surface area contributed by atoms with Gasteiger partial charge in [-0.1, -0.05) is 38.1 Å². The standard InChI is InChI=1S/C17H22OS/c1-11(2)15-7-5-14(6-8-15)10-17(18)16-9-12(3)19-13(16)4/h5-9,11,17-18H,10H2,1-4H3. The summed E-state index contributed by atoms with van der Waals surface area (Å²) in [6.45, 7) is 8.56. The third-order valence-corrected chi connectivity index (χ3v) is 4.50. The molecule has 0 bridgehead atoms. The lowest BCUT2D eigenvalue weighted by atomic mass is 9.98. The molecule has 1 nitrogen and oxygen atoms in total. The predicted octanol–water partition coefficient (Wildman–Crippen LogP) is 4.76. The zero-order valence-electron chi connectivity index (χ0n) is 12.1. The van der Waals surface area contributed by atoms with Crippen LogP contribution in [-0.4, -0.2) is 5.11 Å².